The third kappa shape index (κ3) is 3.70. The lowest BCUT2D eigenvalue weighted by atomic mass is 10.1. The van der Waals surface area contributed by atoms with Crippen LogP contribution in [-0.2, 0) is 0 Å². The Balaban J connectivity index is 2.03. The van der Waals surface area contributed by atoms with Crippen LogP contribution >= 0.6 is 0 Å². The fourth-order valence-electron chi connectivity index (χ4n) is 1.86. The number of anilines is 1. The number of rotatable bonds is 5. The molecule has 2 aromatic rings. The molecule has 1 aromatic carbocycles. The van der Waals surface area contributed by atoms with Crippen LogP contribution in [0.1, 0.15) is 29.0 Å². The van der Waals surface area contributed by atoms with E-state index in [-0.39, 0.29) is 11.9 Å². The standard InChI is InChI=1S/C15H18N4O2/c1-10(11-3-6-13(21-2)7-4-11)18-15(20)14-8-5-12(19-16)9-17-14/h3-10,19H,16H2,1-2H3,(H,18,20). The van der Waals surface area contributed by atoms with Gasteiger partial charge in [0, 0.05) is 0 Å². The molecule has 0 spiro atoms. The van der Waals surface area contributed by atoms with E-state index in [2.05, 4.69) is 15.7 Å². The van der Waals surface area contributed by atoms with Crippen LogP contribution in [0.5, 0.6) is 5.75 Å². The number of pyridine rings is 1. The predicted octanol–water partition coefficient (Wildman–Crippen LogP) is 1.87. The summed E-state index contributed by atoms with van der Waals surface area (Å²) in [5, 5.41) is 2.89. The molecule has 0 radical (unpaired) electrons. The van der Waals surface area contributed by atoms with Crippen LogP contribution in [0, 0.1) is 0 Å². The van der Waals surface area contributed by atoms with Crippen molar-refractivity contribution in [3.05, 3.63) is 53.9 Å². The van der Waals surface area contributed by atoms with E-state index in [1.165, 1.54) is 6.20 Å². The largest absolute Gasteiger partial charge is 0.497 e. The van der Waals surface area contributed by atoms with Gasteiger partial charge in [-0.15, -0.1) is 0 Å². The summed E-state index contributed by atoms with van der Waals surface area (Å²) >= 11 is 0. The quantitative estimate of drug-likeness (QED) is 0.576. The molecule has 0 bridgehead atoms. The number of nitrogens with two attached hydrogens (primary N) is 1. The number of benzene rings is 1. The third-order valence-corrected chi connectivity index (χ3v) is 3.13. The van der Waals surface area contributed by atoms with Crippen LogP contribution in [0.2, 0.25) is 0 Å². The number of carbonyl (C=O) groups is 1. The minimum absolute atomic E-state index is 0.127. The number of aromatic nitrogens is 1. The second-order valence-electron chi connectivity index (χ2n) is 4.54. The molecule has 0 aliphatic heterocycles. The zero-order valence-electron chi connectivity index (χ0n) is 12.0. The van der Waals surface area contributed by atoms with Crippen molar-refractivity contribution in [1.29, 1.82) is 0 Å². The van der Waals surface area contributed by atoms with Gasteiger partial charge in [-0.2, -0.15) is 0 Å². The minimum atomic E-state index is -0.234. The van der Waals surface area contributed by atoms with Crippen LogP contribution in [0.3, 0.4) is 0 Å². The summed E-state index contributed by atoms with van der Waals surface area (Å²) in [6.07, 6.45) is 1.51. The molecule has 6 nitrogen and oxygen atoms in total. The Hall–Kier alpha value is -2.60. The zero-order valence-corrected chi connectivity index (χ0v) is 12.0. The first-order valence-corrected chi connectivity index (χ1v) is 6.51. The monoisotopic (exact) mass is 286 g/mol. The molecule has 0 fully saturated rings. The first-order chi connectivity index (χ1) is 10.1. The molecule has 0 saturated heterocycles. The summed E-state index contributed by atoms with van der Waals surface area (Å²) in [5.41, 5.74) is 4.44. The average molecular weight is 286 g/mol. The Bertz CT molecular complexity index is 596. The highest BCUT2D eigenvalue weighted by atomic mass is 16.5. The predicted molar refractivity (Wildman–Crippen MR) is 80.9 cm³/mol. The maximum absolute atomic E-state index is 12.1. The van der Waals surface area contributed by atoms with E-state index >= 15 is 0 Å². The van der Waals surface area contributed by atoms with Crippen LogP contribution in [0.25, 0.3) is 0 Å². The lowest BCUT2D eigenvalue weighted by Crippen LogP contribution is -2.27. The van der Waals surface area contributed by atoms with E-state index in [9.17, 15) is 4.79 Å². The fraction of sp³-hybridized carbons (Fsp3) is 0.200. The maximum Gasteiger partial charge on any atom is 0.270 e. The van der Waals surface area contributed by atoms with E-state index in [1.807, 2.05) is 31.2 Å². The van der Waals surface area contributed by atoms with Crippen molar-refractivity contribution < 1.29 is 9.53 Å². The number of amides is 1. The van der Waals surface area contributed by atoms with Gasteiger partial charge in [0.1, 0.15) is 11.4 Å². The number of hydrazine groups is 1. The van der Waals surface area contributed by atoms with Crippen LogP contribution in [0.4, 0.5) is 5.69 Å². The highest BCUT2D eigenvalue weighted by molar-refractivity contribution is 5.92. The zero-order chi connectivity index (χ0) is 15.2. The van der Waals surface area contributed by atoms with Crippen molar-refractivity contribution in [3.8, 4) is 5.75 Å². The van der Waals surface area contributed by atoms with Gasteiger partial charge < -0.3 is 15.5 Å². The summed E-state index contributed by atoms with van der Waals surface area (Å²) in [5.74, 6) is 5.80. The molecule has 1 heterocycles. The number of nitrogens with one attached hydrogen (secondary N) is 2. The van der Waals surface area contributed by atoms with Gasteiger partial charge in [-0.3, -0.25) is 10.6 Å². The summed E-state index contributed by atoms with van der Waals surface area (Å²) in [6, 6.07) is 10.7. The van der Waals surface area contributed by atoms with Gasteiger partial charge in [0.05, 0.1) is 25.0 Å². The molecule has 1 aromatic heterocycles. The molecule has 0 aliphatic carbocycles. The van der Waals surface area contributed by atoms with Gasteiger partial charge in [-0.1, -0.05) is 12.1 Å². The maximum atomic E-state index is 12.1. The van der Waals surface area contributed by atoms with Crippen molar-refractivity contribution in [2.75, 3.05) is 12.5 Å². The molecule has 1 unspecified atom stereocenters. The second-order valence-corrected chi connectivity index (χ2v) is 4.54. The Morgan fingerprint density at radius 3 is 2.48 bits per heavy atom. The SMILES string of the molecule is COc1ccc(C(C)NC(=O)c2ccc(NN)cn2)cc1. The molecule has 1 atom stereocenters. The number of nitrogen functional groups attached to an aromatic ring is 1. The molecule has 0 saturated carbocycles. The number of hydrogen-bond acceptors (Lipinski definition) is 5. The lowest BCUT2D eigenvalue weighted by Gasteiger charge is -2.14. The smallest absolute Gasteiger partial charge is 0.270 e. The number of carbonyl (C=O) groups excluding carboxylic acids is 1. The van der Waals surface area contributed by atoms with Gasteiger partial charge in [0.15, 0.2) is 0 Å². The van der Waals surface area contributed by atoms with E-state index in [4.69, 9.17) is 10.6 Å². The van der Waals surface area contributed by atoms with Gasteiger partial charge >= 0.3 is 0 Å². The number of nitrogens with zero attached hydrogens (tertiary/aromatic N) is 1. The highest BCUT2D eigenvalue weighted by Gasteiger charge is 2.12. The highest BCUT2D eigenvalue weighted by Crippen LogP contribution is 2.17. The molecule has 21 heavy (non-hydrogen) atoms. The fourth-order valence-corrected chi connectivity index (χ4v) is 1.86. The molecular formula is C15H18N4O2. The first kappa shape index (κ1) is 14.8. The van der Waals surface area contributed by atoms with E-state index < -0.39 is 0 Å². The molecule has 110 valence electrons. The molecule has 6 heteroatoms. The molecule has 4 N–H and O–H groups in total. The molecule has 0 aliphatic rings. The van der Waals surface area contributed by atoms with Crippen LogP contribution in [0.15, 0.2) is 42.6 Å². The van der Waals surface area contributed by atoms with Crippen molar-refractivity contribution in [3.63, 3.8) is 0 Å². The summed E-state index contributed by atoms with van der Waals surface area (Å²) in [7, 11) is 1.62. The van der Waals surface area contributed by atoms with E-state index in [0.717, 1.165) is 11.3 Å². The summed E-state index contributed by atoms with van der Waals surface area (Å²) in [6.45, 7) is 1.91. The Kier molecular flexibility index (Phi) is 4.73. The summed E-state index contributed by atoms with van der Waals surface area (Å²) in [4.78, 5) is 16.2. The van der Waals surface area contributed by atoms with Crippen LogP contribution in [-0.4, -0.2) is 18.0 Å². The van der Waals surface area contributed by atoms with Crippen molar-refractivity contribution in [2.24, 2.45) is 5.84 Å². The van der Waals surface area contributed by atoms with E-state index in [1.54, 1.807) is 19.2 Å². The Morgan fingerprint density at radius 2 is 1.95 bits per heavy atom. The molecule has 1 amide bonds. The number of methoxy groups -OCH3 is 1. The normalized spacial score (nSPS) is 11.6. The van der Waals surface area contributed by atoms with E-state index in [0.29, 0.717) is 11.4 Å². The minimum Gasteiger partial charge on any atom is -0.497 e. The molecular weight excluding hydrogens is 268 g/mol. The Morgan fingerprint density at radius 1 is 1.24 bits per heavy atom. The number of ether oxygens (including phenoxy) is 1. The van der Waals surface area contributed by atoms with Gasteiger partial charge in [-0.25, -0.2) is 4.98 Å². The average Bonchev–Trinajstić information content (AvgIpc) is 2.55. The first-order valence-electron chi connectivity index (χ1n) is 6.51. The van der Waals surface area contributed by atoms with Gasteiger partial charge in [0.2, 0.25) is 0 Å². The van der Waals surface area contributed by atoms with Crippen molar-refractivity contribution in [1.82, 2.24) is 10.3 Å². The second kappa shape index (κ2) is 6.71. The number of hydrogen-bond donors (Lipinski definition) is 3. The van der Waals surface area contributed by atoms with Gasteiger partial charge in [0.25, 0.3) is 5.91 Å². The summed E-state index contributed by atoms with van der Waals surface area (Å²) < 4.78 is 5.11. The topological polar surface area (TPSA) is 89.3 Å². The third-order valence-electron chi connectivity index (χ3n) is 3.13. The Labute approximate surface area is 123 Å². The lowest BCUT2D eigenvalue weighted by molar-refractivity contribution is 0.0935. The van der Waals surface area contributed by atoms with Crippen molar-refractivity contribution in [2.45, 2.75) is 13.0 Å². The van der Waals surface area contributed by atoms with Gasteiger partial charge in [-0.05, 0) is 36.8 Å². The molecule has 2 rings (SSSR count). The van der Waals surface area contributed by atoms with Crippen LogP contribution < -0.4 is 21.3 Å². The van der Waals surface area contributed by atoms with Crippen molar-refractivity contribution >= 4 is 11.6 Å².